The van der Waals surface area contributed by atoms with E-state index in [0.717, 1.165) is 47.8 Å². The zero-order valence-corrected chi connectivity index (χ0v) is 14.2. The van der Waals surface area contributed by atoms with Crippen LogP contribution in [-0.2, 0) is 13.0 Å². The number of hydrogen-bond acceptors (Lipinski definition) is 3. The van der Waals surface area contributed by atoms with Crippen molar-refractivity contribution >= 4 is 11.6 Å². The second-order valence-corrected chi connectivity index (χ2v) is 6.40. The SMILES string of the molecule is Cc1ccccc1C(=O)Nc1cccc(-c2nnc3n2CCCC3)c1. The zero-order valence-electron chi connectivity index (χ0n) is 14.2. The van der Waals surface area contributed by atoms with E-state index in [1.807, 2.05) is 55.5 Å². The summed E-state index contributed by atoms with van der Waals surface area (Å²) in [6.07, 6.45) is 3.31. The molecule has 0 radical (unpaired) electrons. The van der Waals surface area contributed by atoms with Crippen molar-refractivity contribution in [2.45, 2.75) is 32.7 Å². The first-order valence-corrected chi connectivity index (χ1v) is 8.62. The predicted molar refractivity (Wildman–Crippen MR) is 97.5 cm³/mol. The lowest BCUT2D eigenvalue weighted by atomic mass is 10.1. The van der Waals surface area contributed by atoms with Crippen LogP contribution >= 0.6 is 0 Å². The van der Waals surface area contributed by atoms with Crippen molar-refractivity contribution in [1.29, 1.82) is 0 Å². The Hall–Kier alpha value is -2.95. The monoisotopic (exact) mass is 332 g/mol. The summed E-state index contributed by atoms with van der Waals surface area (Å²) in [5.74, 6) is 1.83. The number of carbonyl (C=O) groups is 1. The van der Waals surface area contributed by atoms with Gasteiger partial charge in [0.15, 0.2) is 5.82 Å². The van der Waals surface area contributed by atoms with Gasteiger partial charge < -0.3 is 9.88 Å². The molecule has 0 bridgehead atoms. The fourth-order valence-electron chi connectivity index (χ4n) is 3.28. The van der Waals surface area contributed by atoms with Crippen LogP contribution in [0.5, 0.6) is 0 Å². The van der Waals surface area contributed by atoms with Crippen molar-refractivity contribution < 1.29 is 4.79 Å². The van der Waals surface area contributed by atoms with Crippen LogP contribution in [0.25, 0.3) is 11.4 Å². The largest absolute Gasteiger partial charge is 0.322 e. The molecule has 1 aromatic heterocycles. The Morgan fingerprint density at radius 1 is 1.08 bits per heavy atom. The predicted octanol–water partition coefficient (Wildman–Crippen LogP) is 3.84. The van der Waals surface area contributed by atoms with Crippen LogP contribution in [0, 0.1) is 6.92 Å². The van der Waals surface area contributed by atoms with Gasteiger partial charge in [0.1, 0.15) is 5.82 Å². The first kappa shape index (κ1) is 15.6. The second-order valence-electron chi connectivity index (χ2n) is 6.40. The van der Waals surface area contributed by atoms with Crippen molar-refractivity contribution in [2.75, 3.05) is 5.32 Å². The molecule has 1 aliphatic rings. The summed E-state index contributed by atoms with van der Waals surface area (Å²) in [5.41, 5.74) is 3.39. The van der Waals surface area contributed by atoms with Crippen molar-refractivity contribution in [3.8, 4) is 11.4 Å². The average molecular weight is 332 g/mol. The van der Waals surface area contributed by atoms with Gasteiger partial charge in [-0.3, -0.25) is 4.79 Å². The standard InChI is InChI=1S/C20H20N4O/c1-14-7-2-3-10-17(14)20(25)21-16-9-6-8-15(13-16)19-23-22-18-11-4-5-12-24(18)19/h2-3,6-10,13H,4-5,11-12H2,1H3,(H,21,25). The Kier molecular flexibility index (Phi) is 4.06. The van der Waals surface area contributed by atoms with Crippen molar-refractivity contribution in [2.24, 2.45) is 0 Å². The molecule has 0 saturated heterocycles. The minimum atomic E-state index is -0.0986. The number of aromatic nitrogens is 3. The highest BCUT2D eigenvalue weighted by molar-refractivity contribution is 6.05. The van der Waals surface area contributed by atoms with Crippen LogP contribution in [0.4, 0.5) is 5.69 Å². The summed E-state index contributed by atoms with van der Waals surface area (Å²) in [7, 11) is 0. The lowest BCUT2D eigenvalue weighted by molar-refractivity contribution is 0.102. The van der Waals surface area contributed by atoms with Crippen molar-refractivity contribution in [3.63, 3.8) is 0 Å². The molecule has 1 aliphatic heterocycles. The number of hydrogen-bond donors (Lipinski definition) is 1. The molecule has 25 heavy (non-hydrogen) atoms. The van der Waals surface area contributed by atoms with E-state index in [2.05, 4.69) is 20.1 Å². The highest BCUT2D eigenvalue weighted by Gasteiger charge is 2.17. The number of nitrogens with zero attached hydrogens (tertiary/aromatic N) is 3. The minimum absolute atomic E-state index is 0.0986. The molecule has 0 atom stereocenters. The molecule has 0 fully saturated rings. The number of anilines is 1. The zero-order chi connectivity index (χ0) is 17.2. The van der Waals surface area contributed by atoms with Gasteiger partial charge in [-0.2, -0.15) is 0 Å². The molecule has 0 aliphatic carbocycles. The first-order valence-electron chi connectivity index (χ1n) is 8.62. The summed E-state index contributed by atoms with van der Waals surface area (Å²) in [6.45, 7) is 2.89. The highest BCUT2D eigenvalue weighted by atomic mass is 16.1. The number of carbonyl (C=O) groups excluding carboxylic acids is 1. The van der Waals surface area contributed by atoms with E-state index in [1.54, 1.807) is 0 Å². The van der Waals surface area contributed by atoms with Crippen LogP contribution in [0.1, 0.15) is 34.6 Å². The van der Waals surface area contributed by atoms with E-state index < -0.39 is 0 Å². The molecule has 0 spiro atoms. The first-order chi connectivity index (χ1) is 12.2. The summed E-state index contributed by atoms with van der Waals surface area (Å²) >= 11 is 0. The van der Waals surface area contributed by atoms with Gasteiger partial charge in [-0.1, -0.05) is 30.3 Å². The molecule has 2 heterocycles. The molecular formula is C20H20N4O. The van der Waals surface area contributed by atoms with Crippen LogP contribution in [0.2, 0.25) is 0 Å². The molecule has 5 nitrogen and oxygen atoms in total. The van der Waals surface area contributed by atoms with E-state index in [4.69, 9.17) is 0 Å². The molecule has 0 saturated carbocycles. The molecule has 0 unspecified atom stereocenters. The summed E-state index contributed by atoms with van der Waals surface area (Å²) < 4.78 is 2.19. The number of aryl methyl sites for hydroxylation is 2. The smallest absolute Gasteiger partial charge is 0.255 e. The quantitative estimate of drug-likeness (QED) is 0.793. The molecule has 3 aromatic rings. The Morgan fingerprint density at radius 3 is 2.84 bits per heavy atom. The summed E-state index contributed by atoms with van der Waals surface area (Å²) in [4.78, 5) is 12.5. The molecule has 1 amide bonds. The van der Waals surface area contributed by atoms with Gasteiger partial charge >= 0.3 is 0 Å². The van der Waals surface area contributed by atoms with Gasteiger partial charge in [0, 0.05) is 29.8 Å². The average Bonchev–Trinajstić information content (AvgIpc) is 3.06. The van der Waals surface area contributed by atoms with E-state index in [0.29, 0.717) is 5.56 Å². The van der Waals surface area contributed by atoms with Gasteiger partial charge in [-0.25, -0.2) is 0 Å². The molecular weight excluding hydrogens is 312 g/mol. The van der Waals surface area contributed by atoms with E-state index >= 15 is 0 Å². The topological polar surface area (TPSA) is 59.8 Å². The van der Waals surface area contributed by atoms with E-state index in [9.17, 15) is 4.79 Å². The fraction of sp³-hybridized carbons (Fsp3) is 0.250. The maximum Gasteiger partial charge on any atom is 0.255 e. The number of fused-ring (bicyclic) bond motifs is 1. The van der Waals surface area contributed by atoms with Gasteiger partial charge in [0.05, 0.1) is 0 Å². The van der Waals surface area contributed by atoms with Gasteiger partial charge in [-0.15, -0.1) is 10.2 Å². The number of benzene rings is 2. The number of nitrogens with one attached hydrogen (secondary N) is 1. The van der Waals surface area contributed by atoms with E-state index in [1.165, 1.54) is 6.42 Å². The second kappa shape index (κ2) is 6.51. The normalized spacial score (nSPS) is 13.3. The maximum atomic E-state index is 12.5. The van der Waals surface area contributed by atoms with Gasteiger partial charge in [0.2, 0.25) is 0 Å². The number of amides is 1. The van der Waals surface area contributed by atoms with Crippen molar-refractivity contribution in [3.05, 3.63) is 65.5 Å². The molecule has 5 heteroatoms. The molecule has 2 aromatic carbocycles. The summed E-state index contributed by atoms with van der Waals surface area (Å²) in [5, 5.41) is 11.7. The van der Waals surface area contributed by atoms with Crippen LogP contribution in [0.3, 0.4) is 0 Å². The van der Waals surface area contributed by atoms with Crippen LogP contribution in [-0.4, -0.2) is 20.7 Å². The maximum absolute atomic E-state index is 12.5. The lowest BCUT2D eigenvalue weighted by Gasteiger charge is -2.15. The van der Waals surface area contributed by atoms with Crippen LogP contribution < -0.4 is 5.32 Å². The molecule has 4 rings (SSSR count). The van der Waals surface area contributed by atoms with Gasteiger partial charge in [0.25, 0.3) is 5.91 Å². The third-order valence-corrected chi connectivity index (χ3v) is 4.63. The Balaban J connectivity index is 1.61. The fourth-order valence-corrected chi connectivity index (χ4v) is 3.28. The van der Waals surface area contributed by atoms with E-state index in [-0.39, 0.29) is 5.91 Å². The third kappa shape index (κ3) is 3.05. The highest BCUT2D eigenvalue weighted by Crippen LogP contribution is 2.25. The lowest BCUT2D eigenvalue weighted by Crippen LogP contribution is -2.13. The Morgan fingerprint density at radius 2 is 1.96 bits per heavy atom. The van der Waals surface area contributed by atoms with Gasteiger partial charge in [-0.05, 0) is 43.5 Å². The molecule has 1 N–H and O–H groups in total. The molecule has 126 valence electrons. The van der Waals surface area contributed by atoms with Crippen LogP contribution in [0.15, 0.2) is 48.5 Å². The third-order valence-electron chi connectivity index (χ3n) is 4.63. The number of rotatable bonds is 3. The summed E-state index contributed by atoms with van der Waals surface area (Å²) in [6, 6.07) is 15.4. The Bertz CT molecular complexity index is 929. The Labute approximate surface area is 146 Å². The minimum Gasteiger partial charge on any atom is -0.322 e. The van der Waals surface area contributed by atoms with Crippen molar-refractivity contribution in [1.82, 2.24) is 14.8 Å².